The van der Waals surface area contributed by atoms with Crippen molar-refractivity contribution in [2.75, 3.05) is 18.8 Å². The van der Waals surface area contributed by atoms with Gasteiger partial charge >= 0.3 is 0 Å². The van der Waals surface area contributed by atoms with Crippen LogP contribution in [0.15, 0.2) is 66.1 Å². The Kier molecular flexibility index (Phi) is 5.76. The van der Waals surface area contributed by atoms with Crippen molar-refractivity contribution < 1.29 is 4.79 Å². The van der Waals surface area contributed by atoms with Gasteiger partial charge in [-0.15, -0.1) is 10.2 Å². The number of hydrogen-bond acceptors (Lipinski definition) is 4. The van der Waals surface area contributed by atoms with Gasteiger partial charge in [0.1, 0.15) is 6.33 Å². The molecule has 2 aromatic carbocycles. The average molecular weight is 393 g/mol. The van der Waals surface area contributed by atoms with Crippen molar-refractivity contribution >= 4 is 17.7 Å². The van der Waals surface area contributed by atoms with Crippen LogP contribution in [0.25, 0.3) is 5.69 Å². The second-order valence-corrected chi connectivity index (χ2v) is 8.12. The number of hydrogen-bond donors (Lipinski definition) is 0. The van der Waals surface area contributed by atoms with E-state index in [1.165, 1.54) is 22.9 Å². The van der Waals surface area contributed by atoms with Crippen LogP contribution in [0.1, 0.15) is 29.9 Å². The summed E-state index contributed by atoms with van der Waals surface area (Å²) in [7, 11) is 0. The number of likely N-dealkylation sites (tertiary alicyclic amines) is 1. The molecule has 0 N–H and O–H groups in total. The van der Waals surface area contributed by atoms with Gasteiger partial charge in [-0.1, -0.05) is 59.8 Å². The lowest BCUT2D eigenvalue weighted by atomic mass is 9.89. The Bertz CT molecular complexity index is 915. The topological polar surface area (TPSA) is 51.0 Å². The maximum atomic E-state index is 12.7. The predicted molar refractivity (Wildman–Crippen MR) is 112 cm³/mol. The zero-order valence-electron chi connectivity index (χ0n) is 16.0. The van der Waals surface area contributed by atoms with E-state index in [2.05, 4.69) is 59.6 Å². The van der Waals surface area contributed by atoms with Crippen molar-refractivity contribution in [2.45, 2.75) is 30.8 Å². The molecule has 1 aliphatic heterocycles. The van der Waals surface area contributed by atoms with Crippen LogP contribution in [0.2, 0.25) is 0 Å². The molecule has 1 amide bonds. The van der Waals surface area contributed by atoms with Gasteiger partial charge in [-0.25, -0.2) is 0 Å². The summed E-state index contributed by atoms with van der Waals surface area (Å²) in [6.07, 6.45) is 3.75. The van der Waals surface area contributed by atoms with Crippen molar-refractivity contribution in [1.29, 1.82) is 0 Å². The van der Waals surface area contributed by atoms with Crippen LogP contribution in [0.3, 0.4) is 0 Å². The van der Waals surface area contributed by atoms with E-state index in [9.17, 15) is 4.79 Å². The van der Waals surface area contributed by atoms with Crippen molar-refractivity contribution in [1.82, 2.24) is 19.7 Å². The second-order valence-electron chi connectivity index (χ2n) is 7.17. The fourth-order valence-electron chi connectivity index (χ4n) is 3.61. The number of amides is 1. The molecule has 5 nitrogen and oxygen atoms in total. The minimum atomic E-state index is 0.176. The maximum absolute atomic E-state index is 12.7. The Balaban J connectivity index is 1.32. The molecule has 0 aliphatic carbocycles. The van der Waals surface area contributed by atoms with Crippen LogP contribution in [-0.2, 0) is 4.79 Å². The average Bonchev–Trinajstić information content (AvgIpc) is 3.22. The van der Waals surface area contributed by atoms with Gasteiger partial charge in [0, 0.05) is 18.8 Å². The first kappa shape index (κ1) is 18.7. The summed E-state index contributed by atoms with van der Waals surface area (Å²) in [5, 5.41) is 8.96. The molecule has 4 rings (SSSR count). The van der Waals surface area contributed by atoms with Gasteiger partial charge in [0.25, 0.3) is 0 Å². The third kappa shape index (κ3) is 4.28. The molecular weight excluding hydrogens is 368 g/mol. The summed E-state index contributed by atoms with van der Waals surface area (Å²) in [6.45, 7) is 3.71. The smallest absolute Gasteiger partial charge is 0.233 e. The van der Waals surface area contributed by atoms with Gasteiger partial charge in [-0.3, -0.25) is 9.36 Å². The molecule has 0 spiro atoms. The normalized spacial score (nSPS) is 15.0. The van der Waals surface area contributed by atoms with Crippen molar-refractivity contribution in [3.05, 3.63) is 72.1 Å². The van der Waals surface area contributed by atoms with E-state index >= 15 is 0 Å². The standard InChI is InChI=1S/C22H24N4OS/c1-17-7-9-20(10-8-17)26-16-23-24-22(26)28-15-21(27)25-13-11-19(12-14-25)18-5-3-2-4-6-18/h2-10,16,19H,11-15H2,1H3. The summed E-state index contributed by atoms with van der Waals surface area (Å²) in [4.78, 5) is 14.7. The number of piperidine rings is 1. The predicted octanol–water partition coefficient (Wildman–Crippen LogP) is 4.07. The molecule has 0 saturated carbocycles. The molecule has 144 valence electrons. The van der Waals surface area contributed by atoms with Crippen LogP contribution in [0.4, 0.5) is 0 Å². The fourth-order valence-corrected chi connectivity index (χ4v) is 4.44. The summed E-state index contributed by atoms with van der Waals surface area (Å²) < 4.78 is 1.93. The highest BCUT2D eigenvalue weighted by Crippen LogP contribution is 2.28. The van der Waals surface area contributed by atoms with Crippen LogP contribution in [0, 0.1) is 6.92 Å². The van der Waals surface area contributed by atoms with Gasteiger partial charge in [0.2, 0.25) is 5.91 Å². The Labute approximate surface area is 169 Å². The first-order chi connectivity index (χ1) is 13.7. The number of aryl methyl sites for hydroxylation is 1. The largest absolute Gasteiger partial charge is 0.342 e. The monoisotopic (exact) mass is 392 g/mol. The summed E-state index contributed by atoms with van der Waals surface area (Å²) in [5.41, 5.74) is 3.60. The number of rotatable bonds is 5. The van der Waals surface area contributed by atoms with E-state index in [1.54, 1.807) is 6.33 Å². The van der Waals surface area contributed by atoms with Crippen molar-refractivity contribution in [3.63, 3.8) is 0 Å². The lowest BCUT2D eigenvalue weighted by Crippen LogP contribution is -2.39. The highest BCUT2D eigenvalue weighted by molar-refractivity contribution is 7.99. The van der Waals surface area contributed by atoms with Crippen LogP contribution >= 0.6 is 11.8 Å². The molecule has 2 heterocycles. The third-order valence-corrected chi connectivity index (χ3v) is 6.20. The molecule has 0 atom stereocenters. The van der Waals surface area contributed by atoms with Crippen LogP contribution in [0.5, 0.6) is 0 Å². The SMILES string of the molecule is Cc1ccc(-n2cnnc2SCC(=O)N2CCC(c3ccccc3)CC2)cc1. The van der Waals surface area contributed by atoms with Gasteiger partial charge in [-0.2, -0.15) is 0 Å². The van der Waals surface area contributed by atoms with Crippen molar-refractivity contribution in [2.24, 2.45) is 0 Å². The van der Waals surface area contributed by atoms with Gasteiger partial charge in [0.05, 0.1) is 5.75 Å². The lowest BCUT2D eigenvalue weighted by molar-refractivity contribution is -0.129. The molecule has 1 aromatic heterocycles. The van der Waals surface area contributed by atoms with E-state index in [0.29, 0.717) is 11.7 Å². The summed E-state index contributed by atoms with van der Waals surface area (Å²) in [6, 6.07) is 18.8. The number of nitrogens with zero attached hydrogens (tertiary/aromatic N) is 4. The minimum absolute atomic E-state index is 0.176. The number of benzene rings is 2. The number of thioether (sulfide) groups is 1. The van der Waals surface area contributed by atoms with Gasteiger partial charge < -0.3 is 4.90 Å². The molecule has 1 aliphatic rings. The number of carbonyl (C=O) groups is 1. The Hall–Kier alpha value is -2.60. The first-order valence-corrected chi connectivity index (χ1v) is 10.6. The van der Waals surface area contributed by atoms with Gasteiger partial charge in [0.15, 0.2) is 5.16 Å². The molecule has 3 aromatic rings. The van der Waals surface area contributed by atoms with E-state index in [-0.39, 0.29) is 5.91 Å². The van der Waals surface area contributed by atoms with Crippen molar-refractivity contribution in [3.8, 4) is 5.69 Å². The van der Waals surface area contributed by atoms with E-state index in [1.807, 2.05) is 21.6 Å². The lowest BCUT2D eigenvalue weighted by Gasteiger charge is -2.32. The molecule has 28 heavy (non-hydrogen) atoms. The zero-order valence-corrected chi connectivity index (χ0v) is 16.8. The first-order valence-electron chi connectivity index (χ1n) is 9.63. The molecule has 0 unspecified atom stereocenters. The second kappa shape index (κ2) is 8.61. The fraction of sp³-hybridized carbons (Fsp3) is 0.318. The highest BCUT2D eigenvalue weighted by atomic mass is 32.2. The molecule has 1 saturated heterocycles. The summed E-state index contributed by atoms with van der Waals surface area (Å²) in [5.74, 6) is 1.12. The highest BCUT2D eigenvalue weighted by Gasteiger charge is 2.24. The third-order valence-electron chi connectivity index (χ3n) is 5.27. The molecule has 0 radical (unpaired) electrons. The van der Waals surface area contributed by atoms with E-state index in [0.717, 1.165) is 36.8 Å². The van der Waals surface area contributed by atoms with Crippen LogP contribution in [-0.4, -0.2) is 44.4 Å². The Morgan fingerprint density at radius 1 is 1.07 bits per heavy atom. The van der Waals surface area contributed by atoms with E-state index in [4.69, 9.17) is 0 Å². The quantitative estimate of drug-likeness (QED) is 0.614. The maximum Gasteiger partial charge on any atom is 0.233 e. The molecule has 1 fully saturated rings. The van der Waals surface area contributed by atoms with Crippen LogP contribution < -0.4 is 0 Å². The molecule has 6 heteroatoms. The molecule has 0 bridgehead atoms. The Morgan fingerprint density at radius 3 is 2.50 bits per heavy atom. The number of carbonyl (C=O) groups excluding carboxylic acids is 1. The Morgan fingerprint density at radius 2 is 1.79 bits per heavy atom. The zero-order chi connectivity index (χ0) is 19.3. The number of aromatic nitrogens is 3. The summed E-state index contributed by atoms with van der Waals surface area (Å²) >= 11 is 1.45. The van der Waals surface area contributed by atoms with Gasteiger partial charge in [-0.05, 0) is 43.4 Å². The minimum Gasteiger partial charge on any atom is -0.342 e. The molecular formula is C22H24N4OS. The van der Waals surface area contributed by atoms with E-state index < -0.39 is 0 Å².